The van der Waals surface area contributed by atoms with Crippen LogP contribution in [0, 0.1) is 0 Å². The summed E-state index contributed by atoms with van der Waals surface area (Å²) in [5.41, 5.74) is 7.22. The van der Waals surface area contributed by atoms with Gasteiger partial charge in [-0.3, -0.25) is 4.98 Å². The number of nitrogens with two attached hydrogens (primary N) is 1. The molecule has 3 N–H and O–H groups in total. The number of nitrogens with one attached hydrogen (secondary N) is 1. The van der Waals surface area contributed by atoms with Crippen LogP contribution in [0.5, 0.6) is 0 Å². The molecule has 0 radical (unpaired) electrons. The first kappa shape index (κ1) is 8.66. The lowest BCUT2D eigenvalue weighted by Crippen LogP contribution is -2.34. The standard InChI is InChI=1S/C10H15N3/c11-10(9-4-2-6-13-9)8-3-1-5-12-7-8/h1,3,5,7,9-10,13H,2,4,6,11H2. The van der Waals surface area contributed by atoms with Crippen LogP contribution in [0.1, 0.15) is 24.4 Å². The molecule has 0 aliphatic carbocycles. The monoisotopic (exact) mass is 177 g/mol. The summed E-state index contributed by atoms with van der Waals surface area (Å²) in [6.45, 7) is 1.10. The summed E-state index contributed by atoms with van der Waals surface area (Å²) in [6, 6.07) is 4.50. The van der Waals surface area contributed by atoms with E-state index in [1.807, 2.05) is 18.3 Å². The Labute approximate surface area is 78.4 Å². The molecule has 0 spiro atoms. The summed E-state index contributed by atoms with van der Waals surface area (Å²) in [4.78, 5) is 4.07. The van der Waals surface area contributed by atoms with E-state index in [4.69, 9.17) is 5.73 Å². The maximum Gasteiger partial charge on any atom is 0.0466 e. The van der Waals surface area contributed by atoms with Crippen LogP contribution >= 0.6 is 0 Å². The predicted octanol–water partition coefficient (Wildman–Crippen LogP) is 0.833. The van der Waals surface area contributed by atoms with Gasteiger partial charge in [0.1, 0.15) is 0 Å². The van der Waals surface area contributed by atoms with Crippen LogP contribution in [0.25, 0.3) is 0 Å². The molecule has 0 amide bonds. The van der Waals surface area contributed by atoms with Gasteiger partial charge in [0.05, 0.1) is 0 Å². The molecule has 2 atom stereocenters. The predicted molar refractivity (Wildman–Crippen MR) is 52.2 cm³/mol. The number of hydrogen-bond donors (Lipinski definition) is 2. The van der Waals surface area contributed by atoms with E-state index in [0.717, 1.165) is 12.1 Å². The molecule has 2 rings (SSSR count). The average Bonchev–Trinajstić information content (AvgIpc) is 2.71. The number of hydrogen-bond acceptors (Lipinski definition) is 3. The Morgan fingerprint density at radius 1 is 1.62 bits per heavy atom. The van der Waals surface area contributed by atoms with Crippen molar-refractivity contribution in [2.24, 2.45) is 5.73 Å². The first-order chi connectivity index (χ1) is 6.38. The van der Waals surface area contributed by atoms with Crippen LogP contribution in [0.4, 0.5) is 0 Å². The maximum absolute atomic E-state index is 6.10. The third kappa shape index (κ3) is 1.87. The van der Waals surface area contributed by atoms with Gasteiger partial charge >= 0.3 is 0 Å². The molecule has 13 heavy (non-hydrogen) atoms. The Hall–Kier alpha value is -0.930. The van der Waals surface area contributed by atoms with E-state index in [-0.39, 0.29) is 6.04 Å². The molecule has 1 saturated heterocycles. The first-order valence-electron chi connectivity index (χ1n) is 4.77. The SMILES string of the molecule is NC(c1cccnc1)C1CCCN1. The Kier molecular flexibility index (Phi) is 2.57. The van der Waals surface area contributed by atoms with Crippen LogP contribution in [-0.2, 0) is 0 Å². The zero-order chi connectivity index (χ0) is 9.10. The van der Waals surface area contributed by atoms with Gasteiger partial charge in [-0.1, -0.05) is 6.07 Å². The second-order valence-corrected chi connectivity index (χ2v) is 3.51. The van der Waals surface area contributed by atoms with Gasteiger partial charge in [-0.2, -0.15) is 0 Å². The number of pyridine rings is 1. The number of rotatable bonds is 2. The van der Waals surface area contributed by atoms with Crippen molar-refractivity contribution in [2.75, 3.05) is 6.54 Å². The van der Waals surface area contributed by atoms with Crippen molar-refractivity contribution >= 4 is 0 Å². The van der Waals surface area contributed by atoms with E-state index in [2.05, 4.69) is 10.3 Å². The summed E-state index contributed by atoms with van der Waals surface area (Å²) >= 11 is 0. The van der Waals surface area contributed by atoms with Gasteiger partial charge in [0.2, 0.25) is 0 Å². The molecule has 1 aliphatic heterocycles. The quantitative estimate of drug-likeness (QED) is 0.703. The van der Waals surface area contributed by atoms with Crippen molar-refractivity contribution < 1.29 is 0 Å². The largest absolute Gasteiger partial charge is 0.323 e. The zero-order valence-electron chi connectivity index (χ0n) is 7.61. The normalized spacial score (nSPS) is 24.5. The van der Waals surface area contributed by atoms with Gasteiger partial charge in [0.15, 0.2) is 0 Å². The highest BCUT2D eigenvalue weighted by Crippen LogP contribution is 2.19. The average molecular weight is 177 g/mol. The van der Waals surface area contributed by atoms with Crippen molar-refractivity contribution in [3.05, 3.63) is 30.1 Å². The minimum Gasteiger partial charge on any atom is -0.323 e. The van der Waals surface area contributed by atoms with Crippen molar-refractivity contribution in [1.82, 2.24) is 10.3 Å². The summed E-state index contributed by atoms with van der Waals surface area (Å²) in [5, 5.41) is 3.40. The highest BCUT2D eigenvalue weighted by atomic mass is 15.0. The van der Waals surface area contributed by atoms with E-state index < -0.39 is 0 Å². The number of aromatic nitrogens is 1. The van der Waals surface area contributed by atoms with Crippen molar-refractivity contribution in [3.63, 3.8) is 0 Å². The molecule has 1 aliphatic rings. The molecule has 1 fully saturated rings. The molecule has 0 bridgehead atoms. The van der Waals surface area contributed by atoms with Gasteiger partial charge in [0, 0.05) is 24.5 Å². The lowest BCUT2D eigenvalue weighted by atomic mass is 10.0. The second kappa shape index (κ2) is 3.85. The second-order valence-electron chi connectivity index (χ2n) is 3.51. The van der Waals surface area contributed by atoms with Crippen molar-refractivity contribution in [1.29, 1.82) is 0 Å². The molecule has 3 nitrogen and oxygen atoms in total. The minimum atomic E-state index is 0.0937. The Balaban J connectivity index is 2.08. The third-order valence-corrected chi connectivity index (χ3v) is 2.60. The molecule has 1 aromatic heterocycles. The van der Waals surface area contributed by atoms with Gasteiger partial charge in [-0.15, -0.1) is 0 Å². The lowest BCUT2D eigenvalue weighted by molar-refractivity contribution is 0.500. The highest BCUT2D eigenvalue weighted by molar-refractivity contribution is 5.15. The smallest absolute Gasteiger partial charge is 0.0466 e. The fourth-order valence-corrected chi connectivity index (χ4v) is 1.82. The van der Waals surface area contributed by atoms with Crippen LogP contribution in [0.15, 0.2) is 24.5 Å². The molecular weight excluding hydrogens is 162 g/mol. The minimum absolute atomic E-state index is 0.0937. The molecule has 3 heteroatoms. The van der Waals surface area contributed by atoms with Gasteiger partial charge in [0.25, 0.3) is 0 Å². The van der Waals surface area contributed by atoms with Gasteiger partial charge < -0.3 is 11.1 Å². The molecule has 70 valence electrons. The molecule has 0 saturated carbocycles. The fourth-order valence-electron chi connectivity index (χ4n) is 1.82. The Bertz CT molecular complexity index is 254. The molecular formula is C10H15N3. The van der Waals surface area contributed by atoms with Crippen LogP contribution in [-0.4, -0.2) is 17.6 Å². The first-order valence-corrected chi connectivity index (χ1v) is 4.77. The summed E-state index contributed by atoms with van der Waals surface area (Å²) in [7, 11) is 0. The summed E-state index contributed by atoms with van der Waals surface area (Å²) in [6.07, 6.45) is 6.04. The van der Waals surface area contributed by atoms with Crippen LogP contribution in [0.3, 0.4) is 0 Å². The van der Waals surface area contributed by atoms with Crippen molar-refractivity contribution in [3.8, 4) is 0 Å². The van der Waals surface area contributed by atoms with E-state index in [1.54, 1.807) is 6.20 Å². The van der Waals surface area contributed by atoms with E-state index in [1.165, 1.54) is 12.8 Å². The maximum atomic E-state index is 6.10. The highest BCUT2D eigenvalue weighted by Gasteiger charge is 2.22. The summed E-state index contributed by atoms with van der Waals surface area (Å²) < 4.78 is 0. The van der Waals surface area contributed by atoms with E-state index in [9.17, 15) is 0 Å². The topological polar surface area (TPSA) is 50.9 Å². The van der Waals surface area contributed by atoms with E-state index >= 15 is 0 Å². The fraction of sp³-hybridized carbons (Fsp3) is 0.500. The Morgan fingerprint density at radius 2 is 2.54 bits per heavy atom. The van der Waals surface area contributed by atoms with Crippen molar-refractivity contribution in [2.45, 2.75) is 24.9 Å². The van der Waals surface area contributed by atoms with E-state index in [0.29, 0.717) is 6.04 Å². The molecule has 0 aromatic carbocycles. The molecule has 2 heterocycles. The molecule has 1 aromatic rings. The molecule has 2 unspecified atom stereocenters. The summed E-state index contributed by atoms with van der Waals surface area (Å²) in [5.74, 6) is 0. The van der Waals surface area contributed by atoms with Crippen LogP contribution in [0.2, 0.25) is 0 Å². The van der Waals surface area contributed by atoms with Gasteiger partial charge in [-0.05, 0) is 31.0 Å². The Morgan fingerprint density at radius 3 is 3.15 bits per heavy atom. The van der Waals surface area contributed by atoms with Gasteiger partial charge in [-0.25, -0.2) is 0 Å². The zero-order valence-corrected chi connectivity index (χ0v) is 7.61. The third-order valence-electron chi connectivity index (χ3n) is 2.60. The number of nitrogens with zero attached hydrogens (tertiary/aromatic N) is 1. The van der Waals surface area contributed by atoms with Crippen LogP contribution < -0.4 is 11.1 Å². The lowest BCUT2D eigenvalue weighted by Gasteiger charge is -2.18.